The monoisotopic (exact) mass is 318 g/mol. The van der Waals surface area contributed by atoms with Gasteiger partial charge in [-0.1, -0.05) is 0 Å². The highest BCUT2D eigenvalue weighted by atomic mass is 16.5. The second-order valence-electron chi connectivity index (χ2n) is 5.56. The molecule has 0 spiro atoms. The molecule has 2 rings (SSSR count). The lowest BCUT2D eigenvalue weighted by molar-refractivity contribution is -0.121. The van der Waals surface area contributed by atoms with Crippen LogP contribution in [-0.4, -0.2) is 44.0 Å². The summed E-state index contributed by atoms with van der Waals surface area (Å²) >= 11 is 0. The quantitative estimate of drug-likeness (QED) is 0.918. The summed E-state index contributed by atoms with van der Waals surface area (Å²) in [4.78, 5) is 25.7. The van der Waals surface area contributed by atoms with E-state index in [-0.39, 0.29) is 24.3 Å². The van der Waals surface area contributed by atoms with E-state index in [1.165, 1.54) is 4.90 Å². The molecular weight excluding hydrogens is 296 g/mol. The van der Waals surface area contributed by atoms with E-state index >= 15 is 0 Å². The van der Waals surface area contributed by atoms with Gasteiger partial charge in [-0.15, -0.1) is 0 Å². The molecule has 6 heteroatoms. The molecular formula is C17H22N2O4. The van der Waals surface area contributed by atoms with Crippen molar-refractivity contribution in [2.45, 2.75) is 26.3 Å². The molecule has 0 radical (unpaired) electrons. The third kappa shape index (κ3) is 3.31. The molecule has 1 aromatic heterocycles. The number of nitrogens with zero attached hydrogens (tertiary/aromatic N) is 1. The summed E-state index contributed by atoms with van der Waals surface area (Å²) in [6, 6.07) is 5.23. The van der Waals surface area contributed by atoms with Crippen LogP contribution in [0.1, 0.15) is 29.5 Å². The van der Waals surface area contributed by atoms with Crippen LogP contribution in [0.25, 0.3) is 11.0 Å². The number of hydrogen-bond acceptors (Lipinski definition) is 4. The minimum absolute atomic E-state index is 0.108. The maximum Gasteiger partial charge on any atom is 0.289 e. The Morgan fingerprint density at radius 2 is 2.09 bits per heavy atom. The van der Waals surface area contributed by atoms with Crippen LogP contribution in [0.2, 0.25) is 0 Å². The van der Waals surface area contributed by atoms with E-state index in [0.717, 1.165) is 10.9 Å². The van der Waals surface area contributed by atoms with Crippen LogP contribution >= 0.6 is 0 Å². The maximum atomic E-state index is 12.7. The Labute approximate surface area is 135 Å². The summed E-state index contributed by atoms with van der Waals surface area (Å²) in [6.45, 7) is 3.68. The molecule has 0 bridgehead atoms. The number of fused-ring (bicyclic) bond motifs is 1. The second-order valence-corrected chi connectivity index (χ2v) is 5.56. The Morgan fingerprint density at radius 3 is 2.70 bits per heavy atom. The number of benzene rings is 1. The van der Waals surface area contributed by atoms with Crippen LogP contribution in [0.5, 0.6) is 5.75 Å². The number of carbonyl (C=O) groups is 2. The van der Waals surface area contributed by atoms with Gasteiger partial charge in [0, 0.05) is 43.6 Å². The van der Waals surface area contributed by atoms with Crippen molar-refractivity contribution >= 4 is 22.8 Å². The standard InChI is InChI=1S/C17H22N2O4/c1-10(8-15(20)18-3)19(4)17(21)16-11(2)13-7-6-12(22-5)9-14(13)23-16/h6-7,9-10H,8H2,1-5H3,(H,18,20)/t10-/m1/s1. The van der Waals surface area contributed by atoms with Crippen molar-refractivity contribution in [3.05, 3.63) is 29.5 Å². The van der Waals surface area contributed by atoms with Gasteiger partial charge < -0.3 is 19.4 Å². The summed E-state index contributed by atoms with van der Waals surface area (Å²) in [5.41, 5.74) is 1.39. The average Bonchev–Trinajstić information content (AvgIpc) is 2.89. The highest BCUT2D eigenvalue weighted by Crippen LogP contribution is 2.29. The summed E-state index contributed by atoms with van der Waals surface area (Å²) in [5, 5.41) is 3.44. The fourth-order valence-corrected chi connectivity index (χ4v) is 2.40. The number of nitrogens with one attached hydrogen (secondary N) is 1. The molecule has 2 amide bonds. The molecule has 23 heavy (non-hydrogen) atoms. The van der Waals surface area contributed by atoms with Gasteiger partial charge in [0.2, 0.25) is 5.91 Å². The lowest BCUT2D eigenvalue weighted by atomic mass is 10.1. The van der Waals surface area contributed by atoms with Gasteiger partial charge in [0.25, 0.3) is 5.91 Å². The first-order valence-electron chi connectivity index (χ1n) is 7.44. The molecule has 0 saturated carbocycles. The van der Waals surface area contributed by atoms with Crippen molar-refractivity contribution in [3.8, 4) is 5.75 Å². The van der Waals surface area contributed by atoms with Crippen molar-refractivity contribution in [2.24, 2.45) is 0 Å². The van der Waals surface area contributed by atoms with Gasteiger partial charge in [0.1, 0.15) is 11.3 Å². The average molecular weight is 318 g/mol. The Balaban J connectivity index is 2.30. The summed E-state index contributed by atoms with van der Waals surface area (Å²) in [7, 11) is 4.83. The number of ether oxygens (including phenoxy) is 1. The van der Waals surface area contributed by atoms with Gasteiger partial charge in [-0.05, 0) is 26.0 Å². The van der Waals surface area contributed by atoms with E-state index in [4.69, 9.17) is 9.15 Å². The Morgan fingerprint density at radius 1 is 1.39 bits per heavy atom. The van der Waals surface area contributed by atoms with Crippen LogP contribution in [0.4, 0.5) is 0 Å². The fraction of sp³-hybridized carbons (Fsp3) is 0.412. The SMILES string of the molecule is CNC(=O)C[C@@H](C)N(C)C(=O)c1oc2cc(OC)ccc2c1C. The van der Waals surface area contributed by atoms with E-state index in [0.29, 0.717) is 17.1 Å². The van der Waals surface area contributed by atoms with Crippen LogP contribution in [-0.2, 0) is 4.79 Å². The molecule has 0 aliphatic heterocycles. The molecule has 124 valence electrons. The first-order valence-corrected chi connectivity index (χ1v) is 7.44. The normalized spacial score (nSPS) is 12.0. The molecule has 1 atom stereocenters. The van der Waals surface area contributed by atoms with Gasteiger partial charge in [-0.3, -0.25) is 9.59 Å². The van der Waals surface area contributed by atoms with Crippen LogP contribution in [0.3, 0.4) is 0 Å². The number of carbonyl (C=O) groups excluding carboxylic acids is 2. The van der Waals surface area contributed by atoms with Crippen LogP contribution in [0.15, 0.2) is 22.6 Å². The highest BCUT2D eigenvalue weighted by Gasteiger charge is 2.25. The van der Waals surface area contributed by atoms with Crippen molar-refractivity contribution in [2.75, 3.05) is 21.2 Å². The van der Waals surface area contributed by atoms with Gasteiger partial charge in [0.05, 0.1) is 7.11 Å². The van der Waals surface area contributed by atoms with Crippen molar-refractivity contribution < 1.29 is 18.7 Å². The van der Waals surface area contributed by atoms with E-state index in [1.807, 2.05) is 26.0 Å². The Hall–Kier alpha value is -2.50. The minimum Gasteiger partial charge on any atom is -0.497 e. The first-order chi connectivity index (χ1) is 10.9. The molecule has 0 fully saturated rings. The Bertz CT molecular complexity index is 736. The number of aryl methyl sites for hydroxylation is 1. The smallest absolute Gasteiger partial charge is 0.289 e. The molecule has 0 aliphatic rings. The summed E-state index contributed by atoms with van der Waals surface area (Å²) < 4.78 is 10.9. The molecule has 0 aliphatic carbocycles. The van der Waals surface area contributed by atoms with Crippen LogP contribution in [0, 0.1) is 6.92 Å². The van der Waals surface area contributed by atoms with Gasteiger partial charge >= 0.3 is 0 Å². The molecule has 1 N–H and O–H groups in total. The molecule has 1 aromatic carbocycles. The van der Waals surface area contributed by atoms with Crippen LogP contribution < -0.4 is 10.1 Å². The molecule has 6 nitrogen and oxygen atoms in total. The molecule has 0 saturated heterocycles. The largest absolute Gasteiger partial charge is 0.497 e. The van der Waals surface area contributed by atoms with Crippen molar-refractivity contribution in [1.82, 2.24) is 10.2 Å². The molecule has 1 heterocycles. The number of amides is 2. The third-order valence-corrected chi connectivity index (χ3v) is 4.08. The zero-order valence-corrected chi connectivity index (χ0v) is 14.1. The first kappa shape index (κ1) is 16.9. The van der Waals surface area contributed by atoms with Gasteiger partial charge in [-0.2, -0.15) is 0 Å². The second kappa shape index (κ2) is 6.73. The third-order valence-electron chi connectivity index (χ3n) is 4.08. The predicted octanol–water partition coefficient (Wildman–Crippen LogP) is 2.35. The predicted molar refractivity (Wildman–Crippen MR) is 87.7 cm³/mol. The topological polar surface area (TPSA) is 71.8 Å². The van der Waals surface area contributed by atoms with Crippen molar-refractivity contribution in [1.29, 1.82) is 0 Å². The number of methoxy groups -OCH3 is 1. The zero-order valence-electron chi connectivity index (χ0n) is 14.1. The zero-order chi connectivity index (χ0) is 17.1. The summed E-state index contributed by atoms with van der Waals surface area (Å²) in [5.74, 6) is 0.614. The lowest BCUT2D eigenvalue weighted by Crippen LogP contribution is -2.38. The van der Waals surface area contributed by atoms with Gasteiger partial charge in [-0.25, -0.2) is 0 Å². The molecule has 2 aromatic rings. The maximum absolute atomic E-state index is 12.7. The van der Waals surface area contributed by atoms with Crippen molar-refractivity contribution in [3.63, 3.8) is 0 Å². The highest BCUT2D eigenvalue weighted by molar-refractivity contribution is 5.99. The minimum atomic E-state index is -0.242. The number of furan rings is 1. The molecule has 0 unspecified atom stereocenters. The Kier molecular flexibility index (Phi) is 4.93. The van der Waals surface area contributed by atoms with Gasteiger partial charge in [0.15, 0.2) is 5.76 Å². The van der Waals surface area contributed by atoms with E-state index < -0.39 is 0 Å². The fourth-order valence-electron chi connectivity index (χ4n) is 2.40. The lowest BCUT2D eigenvalue weighted by Gasteiger charge is -2.23. The summed E-state index contributed by atoms with van der Waals surface area (Å²) in [6.07, 6.45) is 0.242. The van der Waals surface area contributed by atoms with E-state index in [2.05, 4.69) is 5.32 Å². The van der Waals surface area contributed by atoms with E-state index in [1.54, 1.807) is 27.3 Å². The van der Waals surface area contributed by atoms with E-state index in [9.17, 15) is 9.59 Å². The number of hydrogen-bond donors (Lipinski definition) is 1. The number of rotatable bonds is 5.